The lowest BCUT2D eigenvalue weighted by atomic mass is 10.1. The minimum Gasteiger partial charge on any atom is -0.439 e. The van der Waals surface area contributed by atoms with Crippen LogP contribution in [-0.2, 0) is 6.54 Å². The first-order valence-corrected chi connectivity index (χ1v) is 6.49. The van der Waals surface area contributed by atoms with E-state index >= 15 is 0 Å². The van der Waals surface area contributed by atoms with Crippen LogP contribution in [0.2, 0.25) is 0 Å². The van der Waals surface area contributed by atoms with Crippen molar-refractivity contribution < 1.29 is 4.74 Å². The van der Waals surface area contributed by atoms with Gasteiger partial charge >= 0.3 is 0 Å². The van der Waals surface area contributed by atoms with E-state index in [-0.39, 0.29) is 0 Å². The van der Waals surface area contributed by atoms with Crippen molar-refractivity contribution in [3.8, 4) is 11.6 Å². The SMILES string of the molecule is Cc1ccc(Oc2ncc(Br)cc2CN)cc1C. The molecule has 0 atom stereocenters. The zero-order chi connectivity index (χ0) is 13.1. The van der Waals surface area contributed by atoms with E-state index in [9.17, 15) is 0 Å². The van der Waals surface area contributed by atoms with E-state index < -0.39 is 0 Å². The van der Waals surface area contributed by atoms with Crippen LogP contribution >= 0.6 is 15.9 Å². The van der Waals surface area contributed by atoms with Gasteiger partial charge in [-0.1, -0.05) is 6.07 Å². The Morgan fingerprint density at radius 2 is 2.00 bits per heavy atom. The highest BCUT2D eigenvalue weighted by atomic mass is 79.9. The summed E-state index contributed by atoms with van der Waals surface area (Å²) >= 11 is 3.37. The lowest BCUT2D eigenvalue weighted by Crippen LogP contribution is -2.01. The van der Waals surface area contributed by atoms with Gasteiger partial charge in [0, 0.05) is 22.8 Å². The smallest absolute Gasteiger partial charge is 0.223 e. The van der Waals surface area contributed by atoms with Crippen LogP contribution in [0.15, 0.2) is 34.9 Å². The van der Waals surface area contributed by atoms with Crippen LogP contribution in [0.1, 0.15) is 16.7 Å². The van der Waals surface area contributed by atoms with E-state index in [1.165, 1.54) is 11.1 Å². The largest absolute Gasteiger partial charge is 0.439 e. The van der Waals surface area contributed by atoms with Crippen LogP contribution in [-0.4, -0.2) is 4.98 Å². The molecule has 1 heterocycles. The van der Waals surface area contributed by atoms with Crippen LogP contribution in [0, 0.1) is 13.8 Å². The number of benzene rings is 1. The number of pyridine rings is 1. The van der Waals surface area contributed by atoms with Crippen molar-refractivity contribution in [2.45, 2.75) is 20.4 Å². The standard InChI is InChI=1S/C14H15BrN2O/c1-9-3-4-13(5-10(9)2)18-14-11(7-16)6-12(15)8-17-14/h3-6,8H,7,16H2,1-2H3. The molecule has 0 fully saturated rings. The summed E-state index contributed by atoms with van der Waals surface area (Å²) in [6, 6.07) is 7.89. The first-order valence-electron chi connectivity index (χ1n) is 5.69. The monoisotopic (exact) mass is 306 g/mol. The maximum absolute atomic E-state index is 5.78. The molecule has 0 saturated heterocycles. The van der Waals surface area contributed by atoms with E-state index in [0.717, 1.165) is 15.8 Å². The molecule has 1 aromatic carbocycles. The fourth-order valence-electron chi connectivity index (χ4n) is 1.60. The molecule has 3 nitrogen and oxygen atoms in total. The lowest BCUT2D eigenvalue weighted by molar-refractivity contribution is 0.455. The molecule has 94 valence electrons. The first kappa shape index (κ1) is 13.1. The van der Waals surface area contributed by atoms with Gasteiger partial charge in [0.25, 0.3) is 0 Å². The number of ether oxygens (including phenoxy) is 1. The molecule has 2 N–H and O–H groups in total. The Balaban J connectivity index is 2.30. The van der Waals surface area contributed by atoms with Gasteiger partial charge in [0.15, 0.2) is 0 Å². The Morgan fingerprint density at radius 1 is 1.22 bits per heavy atom. The summed E-state index contributed by atoms with van der Waals surface area (Å²) in [7, 11) is 0. The number of rotatable bonds is 3. The van der Waals surface area contributed by atoms with Gasteiger partial charge in [0.2, 0.25) is 5.88 Å². The van der Waals surface area contributed by atoms with Gasteiger partial charge < -0.3 is 10.5 Å². The molecule has 0 bridgehead atoms. The minimum absolute atomic E-state index is 0.395. The Hall–Kier alpha value is -1.39. The van der Waals surface area contributed by atoms with Gasteiger partial charge in [0.05, 0.1) is 0 Å². The molecule has 18 heavy (non-hydrogen) atoms. The predicted octanol–water partition coefficient (Wildman–Crippen LogP) is 3.71. The van der Waals surface area contributed by atoms with Gasteiger partial charge in [-0.15, -0.1) is 0 Å². The topological polar surface area (TPSA) is 48.1 Å². The van der Waals surface area contributed by atoms with Crippen LogP contribution in [0.3, 0.4) is 0 Å². The van der Waals surface area contributed by atoms with Crippen molar-refractivity contribution in [2.75, 3.05) is 0 Å². The highest BCUT2D eigenvalue weighted by Crippen LogP contribution is 2.26. The maximum Gasteiger partial charge on any atom is 0.223 e. The second-order valence-electron chi connectivity index (χ2n) is 4.17. The molecule has 0 aliphatic rings. The fourth-order valence-corrected chi connectivity index (χ4v) is 1.97. The van der Waals surface area contributed by atoms with Gasteiger partial charge in [0.1, 0.15) is 5.75 Å². The number of aromatic nitrogens is 1. The summed E-state index contributed by atoms with van der Waals surface area (Å²) < 4.78 is 6.68. The highest BCUT2D eigenvalue weighted by Gasteiger charge is 2.07. The summed E-state index contributed by atoms with van der Waals surface area (Å²) in [4.78, 5) is 4.25. The Morgan fingerprint density at radius 3 is 2.67 bits per heavy atom. The summed E-state index contributed by atoms with van der Waals surface area (Å²) in [6.45, 7) is 4.52. The highest BCUT2D eigenvalue weighted by molar-refractivity contribution is 9.10. The molecule has 0 unspecified atom stereocenters. The summed E-state index contributed by atoms with van der Waals surface area (Å²) in [5.41, 5.74) is 9.00. The Bertz CT molecular complexity index is 570. The molecule has 0 amide bonds. The van der Waals surface area contributed by atoms with Gasteiger partial charge in [-0.3, -0.25) is 0 Å². The van der Waals surface area contributed by atoms with Crippen molar-refractivity contribution in [1.82, 2.24) is 4.98 Å². The average molecular weight is 307 g/mol. The van der Waals surface area contributed by atoms with E-state index in [1.807, 2.05) is 24.3 Å². The second-order valence-corrected chi connectivity index (χ2v) is 5.09. The van der Waals surface area contributed by atoms with Crippen molar-refractivity contribution in [3.05, 3.63) is 51.6 Å². The second kappa shape index (κ2) is 5.50. The molecule has 0 saturated carbocycles. The molecule has 0 aliphatic carbocycles. The van der Waals surface area contributed by atoms with E-state index in [2.05, 4.69) is 34.8 Å². The van der Waals surface area contributed by atoms with E-state index in [4.69, 9.17) is 10.5 Å². The van der Waals surface area contributed by atoms with Crippen molar-refractivity contribution >= 4 is 15.9 Å². The number of hydrogen-bond donors (Lipinski definition) is 1. The van der Waals surface area contributed by atoms with Crippen LogP contribution in [0.5, 0.6) is 11.6 Å². The predicted molar refractivity (Wildman–Crippen MR) is 75.8 cm³/mol. The van der Waals surface area contributed by atoms with Crippen molar-refractivity contribution in [3.63, 3.8) is 0 Å². The molecule has 2 aromatic rings. The normalized spacial score (nSPS) is 10.4. The molecule has 1 aromatic heterocycles. The molecule has 0 radical (unpaired) electrons. The van der Waals surface area contributed by atoms with Crippen molar-refractivity contribution in [1.29, 1.82) is 0 Å². The third-order valence-electron chi connectivity index (χ3n) is 2.80. The number of aryl methyl sites for hydroxylation is 2. The quantitative estimate of drug-likeness (QED) is 0.940. The summed E-state index contributed by atoms with van der Waals surface area (Å²) in [5.74, 6) is 1.34. The molecule has 0 spiro atoms. The zero-order valence-electron chi connectivity index (χ0n) is 10.4. The van der Waals surface area contributed by atoms with E-state index in [0.29, 0.717) is 12.4 Å². The third-order valence-corrected chi connectivity index (χ3v) is 3.24. The fraction of sp³-hybridized carbons (Fsp3) is 0.214. The van der Waals surface area contributed by atoms with Crippen molar-refractivity contribution in [2.24, 2.45) is 5.73 Å². The number of hydrogen-bond acceptors (Lipinski definition) is 3. The number of nitrogens with two attached hydrogens (primary N) is 1. The van der Waals surface area contributed by atoms with Gasteiger partial charge in [-0.2, -0.15) is 0 Å². The van der Waals surface area contributed by atoms with Crippen LogP contribution in [0.25, 0.3) is 0 Å². The first-order chi connectivity index (χ1) is 8.60. The minimum atomic E-state index is 0.395. The zero-order valence-corrected chi connectivity index (χ0v) is 12.0. The molecule has 0 aliphatic heterocycles. The summed E-state index contributed by atoms with van der Waals surface area (Å²) in [5, 5.41) is 0. The molecule has 2 rings (SSSR count). The van der Waals surface area contributed by atoms with Gasteiger partial charge in [-0.05, 0) is 59.1 Å². The van der Waals surface area contributed by atoms with Crippen LogP contribution < -0.4 is 10.5 Å². The third kappa shape index (κ3) is 2.89. The van der Waals surface area contributed by atoms with E-state index in [1.54, 1.807) is 6.20 Å². The van der Waals surface area contributed by atoms with Gasteiger partial charge in [-0.25, -0.2) is 4.98 Å². The molecular weight excluding hydrogens is 292 g/mol. The molecular formula is C14H15BrN2O. The average Bonchev–Trinajstić information content (AvgIpc) is 2.36. The number of halogens is 1. The number of nitrogens with zero attached hydrogens (tertiary/aromatic N) is 1. The lowest BCUT2D eigenvalue weighted by Gasteiger charge is -2.10. The Labute approximate surface area is 115 Å². The Kier molecular flexibility index (Phi) is 3.99. The molecule has 4 heteroatoms. The summed E-state index contributed by atoms with van der Waals surface area (Å²) in [6.07, 6.45) is 1.70. The maximum atomic E-state index is 5.78. The van der Waals surface area contributed by atoms with Crippen LogP contribution in [0.4, 0.5) is 0 Å².